The predicted molar refractivity (Wildman–Crippen MR) is 79.1 cm³/mol. The largest absolute Gasteiger partial charge is 0.495 e. The summed E-state index contributed by atoms with van der Waals surface area (Å²) in [6.07, 6.45) is 0. The highest BCUT2D eigenvalue weighted by molar-refractivity contribution is 7.85. The normalized spacial score (nSPS) is 13.2. The molecule has 0 bridgehead atoms. The highest BCUT2D eigenvalue weighted by Gasteiger charge is 2.17. The van der Waals surface area contributed by atoms with E-state index in [2.05, 4.69) is 6.07 Å². The van der Waals surface area contributed by atoms with Crippen LogP contribution in [0.25, 0.3) is 0 Å². The van der Waals surface area contributed by atoms with E-state index in [4.69, 9.17) is 4.74 Å². The van der Waals surface area contributed by atoms with E-state index in [0.717, 1.165) is 5.56 Å². The van der Waals surface area contributed by atoms with Crippen molar-refractivity contribution in [3.63, 3.8) is 0 Å². The number of nitriles is 1. The molecule has 0 radical (unpaired) electrons. The molecule has 4 heteroatoms. The van der Waals surface area contributed by atoms with Gasteiger partial charge in [0.15, 0.2) is 0 Å². The summed E-state index contributed by atoms with van der Waals surface area (Å²) in [5, 5.41) is 9.29. The van der Waals surface area contributed by atoms with Crippen molar-refractivity contribution in [2.75, 3.05) is 12.9 Å². The maximum absolute atomic E-state index is 12.4. The molecule has 2 atom stereocenters. The summed E-state index contributed by atoms with van der Waals surface area (Å²) >= 11 is 0. The van der Waals surface area contributed by atoms with Crippen LogP contribution in [0.3, 0.4) is 0 Å². The van der Waals surface area contributed by atoms with Gasteiger partial charge in [-0.3, -0.25) is 4.21 Å². The Balaban J connectivity index is 2.20. The SMILES string of the molecule is COc1ccccc1S(=O)CC(C#N)c1ccccc1. The van der Waals surface area contributed by atoms with Crippen LogP contribution in [0.4, 0.5) is 0 Å². The summed E-state index contributed by atoms with van der Waals surface area (Å²) in [5.41, 5.74) is 0.887. The molecule has 3 nitrogen and oxygen atoms in total. The van der Waals surface area contributed by atoms with Crippen molar-refractivity contribution in [3.8, 4) is 11.8 Å². The van der Waals surface area contributed by atoms with E-state index in [1.807, 2.05) is 42.5 Å². The molecular formula is C16H15NO2S. The second-order valence-electron chi connectivity index (χ2n) is 4.26. The summed E-state index contributed by atoms with van der Waals surface area (Å²) in [6, 6.07) is 18.8. The fourth-order valence-corrected chi connectivity index (χ4v) is 3.30. The van der Waals surface area contributed by atoms with Gasteiger partial charge in [0, 0.05) is 5.75 Å². The molecular weight excluding hydrogens is 270 g/mol. The van der Waals surface area contributed by atoms with Crippen molar-refractivity contribution in [2.24, 2.45) is 0 Å². The minimum atomic E-state index is -1.27. The second-order valence-corrected chi connectivity index (χ2v) is 5.72. The maximum atomic E-state index is 12.4. The zero-order valence-electron chi connectivity index (χ0n) is 11.2. The van der Waals surface area contributed by atoms with Crippen LogP contribution in [0.1, 0.15) is 11.5 Å². The Hall–Kier alpha value is -2.12. The van der Waals surface area contributed by atoms with E-state index < -0.39 is 10.8 Å². The van der Waals surface area contributed by atoms with Crippen LogP contribution >= 0.6 is 0 Å². The van der Waals surface area contributed by atoms with Gasteiger partial charge in [0.05, 0.1) is 34.8 Å². The average molecular weight is 285 g/mol. The summed E-state index contributed by atoms with van der Waals surface area (Å²) in [7, 11) is 0.278. The van der Waals surface area contributed by atoms with Gasteiger partial charge in [-0.25, -0.2) is 0 Å². The fraction of sp³-hybridized carbons (Fsp3) is 0.188. The molecule has 20 heavy (non-hydrogen) atoms. The molecule has 0 fully saturated rings. The Morgan fingerprint density at radius 1 is 1.15 bits per heavy atom. The molecule has 0 aliphatic rings. The van der Waals surface area contributed by atoms with E-state index in [-0.39, 0.29) is 11.7 Å². The molecule has 102 valence electrons. The number of ether oxygens (including phenoxy) is 1. The van der Waals surface area contributed by atoms with Gasteiger partial charge in [0.25, 0.3) is 0 Å². The molecule has 0 aromatic heterocycles. The fourth-order valence-electron chi connectivity index (χ4n) is 1.94. The number of benzene rings is 2. The lowest BCUT2D eigenvalue weighted by atomic mass is 10.0. The first-order valence-corrected chi connectivity index (χ1v) is 7.54. The number of rotatable bonds is 5. The first-order valence-electron chi connectivity index (χ1n) is 6.22. The van der Waals surface area contributed by atoms with E-state index in [1.165, 1.54) is 0 Å². The summed E-state index contributed by atoms with van der Waals surface area (Å²) in [4.78, 5) is 0.631. The van der Waals surface area contributed by atoms with Gasteiger partial charge in [0.2, 0.25) is 0 Å². The quantitative estimate of drug-likeness (QED) is 0.848. The van der Waals surface area contributed by atoms with Crippen molar-refractivity contribution >= 4 is 10.8 Å². The molecule has 0 heterocycles. The van der Waals surface area contributed by atoms with Crippen LogP contribution in [0.15, 0.2) is 59.5 Å². The highest BCUT2D eigenvalue weighted by Crippen LogP contribution is 2.25. The molecule has 0 saturated carbocycles. The lowest BCUT2D eigenvalue weighted by Crippen LogP contribution is -2.09. The van der Waals surface area contributed by atoms with E-state index >= 15 is 0 Å². The molecule has 2 rings (SSSR count). The summed E-state index contributed by atoms with van der Waals surface area (Å²) < 4.78 is 17.7. The van der Waals surface area contributed by atoms with Gasteiger partial charge in [-0.2, -0.15) is 5.26 Å². The van der Waals surface area contributed by atoms with E-state index in [1.54, 1.807) is 19.2 Å². The third kappa shape index (κ3) is 3.25. The van der Waals surface area contributed by atoms with Gasteiger partial charge in [-0.1, -0.05) is 42.5 Å². The minimum Gasteiger partial charge on any atom is -0.495 e. The van der Waals surface area contributed by atoms with Crippen molar-refractivity contribution < 1.29 is 8.95 Å². The molecule has 2 aromatic carbocycles. The first kappa shape index (κ1) is 14.3. The van der Waals surface area contributed by atoms with Gasteiger partial charge < -0.3 is 4.74 Å². The lowest BCUT2D eigenvalue weighted by molar-refractivity contribution is 0.404. The Bertz CT molecular complexity index is 634. The number of para-hydroxylation sites is 1. The Morgan fingerprint density at radius 2 is 1.80 bits per heavy atom. The zero-order valence-corrected chi connectivity index (χ0v) is 12.0. The minimum absolute atomic E-state index is 0.265. The van der Waals surface area contributed by atoms with Crippen molar-refractivity contribution in [1.29, 1.82) is 5.26 Å². The van der Waals surface area contributed by atoms with Gasteiger partial charge in [-0.05, 0) is 17.7 Å². The summed E-state index contributed by atoms with van der Waals surface area (Å²) in [5.74, 6) is 0.471. The summed E-state index contributed by atoms with van der Waals surface area (Å²) in [6.45, 7) is 0. The van der Waals surface area contributed by atoms with Crippen molar-refractivity contribution in [2.45, 2.75) is 10.8 Å². The van der Waals surface area contributed by atoms with Crippen LogP contribution in [0.2, 0.25) is 0 Å². The van der Waals surface area contributed by atoms with Crippen LogP contribution in [0.5, 0.6) is 5.75 Å². The topological polar surface area (TPSA) is 50.1 Å². The molecule has 0 saturated heterocycles. The Kier molecular flexibility index (Phi) is 4.91. The molecule has 0 aliphatic heterocycles. The molecule has 2 aromatic rings. The number of hydrogen-bond acceptors (Lipinski definition) is 3. The molecule has 0 aliphatic carbocycles. The maximum Gasteiger partial charge on any atom is 0.134 e. The van der Waals surface area contributed by atoms with Gasteiger partial charge in [-0.15, -0.1) is 0 Å². The van der Waals surface area contributed by atoms with Crippen LogP contribution in [-0.2, 0) is 10.8 Å². The van der Waals surface area contributed by atoms with E-state index in [0.29, 0.717) is 10.6 Å². The average Bonchev–Trinajstić information content (AvgIpc) is 2.53. The Morgan fingerprint density at radius 3 is 2.45 bits per heavy atom. The van der Waals surface area contributed by atoms with Gasteiger partial charge >= 0.3 is 0 Å². The standard InChI is InChI=1S/C16H15NO2S/c1-19-15-9-5-6-10-16(15)20(18)12-14(11-17)13-7-3-2-4-8-13/h2-10,14H,12H2,1H3. The number of methoxy groups -OCH3 is 1. The zero-order chi connectivity index (χ0) is 14.4. The van der Waals surface area contributed by atoms with Crippen LogP contribution in [-0.4, -0.2) is 17.1 Å². The van der Waals surface area contributed by atoms with Crippen molar-refractivity contribution in [1.82, 2.24) is 0 Å². The molecule has 0 N–H and O–H groups in total. The number of nitrogens with zero attached hydrogens (tertiary/aromatic N) is 1. The lowest BCUT2D eigenvalue weighted by Gasteiger charge is -2.11. The second kappa shape index (κ2) is 6.88. The monoisotopic (exact) mass is 285 g/mol. The predicted octanol–water partition coefficient (Wildman–Crippen LogP) is 3.11. The highest BCUT2D eigenvalue weighted by atomic mass is 32.2. The first-order chi connectivity index (χ1) is 9.76. The molecule has 2 unspecified atom stereocenters. The smallest absolute Gasteiger partial charge is 0.134 e. The third-order valence-corrected chi connectivity index (χ3v) is 4.45. The van der Waals surface area contributed by atoms with Gasteiger partial charge in [0.1, 0.15) is 5.75 Å². The molecule has 0 amide bonds. The molecule has 0 spiro atoms. The van der Waals surface area contributed by atoms with Crippen LogP contribution < -0.4 is 4.74 Å². The Labute approximate surface area is 121 Å². The van der Waals surface area contributed by atoms with E-state index in [9.17, 15) is 9.47 Å². The van der Waals surface area contributed by atoms with Crippen molar-refractivity contribution in [3.05, 3.63) is 60.2 Å². The third-order valence-electron chi connectivity index (χ3n) is 2.99. The number of hydrogen-bond donors (Lipinski definition) is 0. The van der Waals surface area contributed by atoms with Crippen LogP contribution in [0, 0.1) is 11.3 Å².